The lowest BCUT2D eigenvalue weighted by Gasteiger charge is -2.09. The molecule has 0 spiro atoms. The lowest BCUT2D eigenvalue weighted by molar-refractivity contribution is -0.112. The first-order valence-corrected chi connectivity index (χ1v) is 11.2. The Morgan fingerprint density at radius 2 is 1.97 bits per heavy atom. The largest absolute Gasteiger partial charge is 0.318 e. The van der Waals surface area contributed by atoms with Gasteiger partial charge in [-0.25, -0.2) is 12.8 Å². The number of aromatic nitrogens is 3. The molecule has 154 valence electrons. The second-order valence-electron chi connectivity index (χ2n) is 6.42. The first-order chi connectivity index (χ1) is 14.1. The Hall–Kier alpha value is -3.36. The summed E-state index contributed by atoms with van der Waals surface area (Å²) >= 11 is 0.703. The van der Waals surface area contributed by atoms with Crippen LogP contribution in [0.1, 0.15) is 17.0 Å². The van der Waals surface area contributed by atoms with Crippen molar-refractivity contribution in [1.29, 1.82) is 5.26 Å². The van der Waals surface area contributed by atoms with E-state index in [1.165, 1.54) is 18.2 Å². The Labute approximate surface area is 176 Å². The second-order valence-corrected chi connectivity index (χ2v) is 9.08. The third-order valence-electron chi connectivity index (χ3n) is 4.18. The summed E-state index contributed by atoms with van der Waals surface area (Å²) in [6, 6.07) is 9.61. The number of rotatable bonds is 5. The van der Waals surface area contributed by atoms with Crippen LogP contribution in [0.25, 0.3) is 11.8 Å². The van der Waals surface area contributed by atoms with Crippen molar-refractivity contribution in [2.45, 2.75) is 19.0 Å². The van der Waals surface area contributed by atoms with E-state index in [2.05, 4.69) is 14.7 Å². The van der Waals surface area contributed by atoms with Crippen LogP contribution < -0.4 is 5.32 Å². The summed E-state index contributed by atoms with van der Waals surface area (Å²) in [5.74, 6) is -1.08. The fourth-order valence-corrected chi connectivity index (χ4v) is 4.24. The highest BCUT2D eigenvalue weighted by Crippen LogP contribution is 2.23. The van der Waals surface area contributed by atoms with Gasteiger partial charge < -0.3 is 4.57 Å². The van der Waals surface area contributed by atoms with Gasteiger partial charge in [-0.05, 0) is 55.8 Å². The molecule has 0 aliphatic rings. The molecule has 3 rings (SSSR count). The molecule has 2 heterocycles. The van der Waals surface area contributed by atoms with E-state index < -0.39 is 20.9 Å². The average Bonchev–Trinajstić information content (AvgIpc) is 3.25. The minimum Gasteiger partial charge on any atom is -0.318 e. The van der Waals surface area contributed by atoms with Crippen LogP contribution >= 0.6 is 11.5 Å². The molecule has 8 nitrogen and oxygen atoms in total. The molecule has 30 heavy (non-hydrogen) atoms. The highest BCUT2D eigenvalue weighted by Gasteiger charge is 2.18. The summed E-state index contributed by atoms with van der Waals surface area (Å²) in [5, 5.41) is 11.4. The van der Waals surface area contributed by atoms with Crippen molar-refractivity contribution < 1.29 is 17.6 Å². The molecule has 2 aromatic heterocycles. The SMILES string of the molecule is Cc1cc(/C=C(/C#N)C(=O)Nc2nc(S(C)(=O)=O)ns2)c(C)n1-c1ccc(F)cc1. The van der Waals surface area contributed by atoms with Gasteiger partial charge in [0.1, 0.15) is 17.5 Å². The summed E-state index contributed by atoms with van der Waals surface area (Å²) in [4.78, 5) is 16.2. The standard InChI is InChI=1S/C19H16FN5O3S2/c1-11-8-13(12(2)25(11)16-6-4-15(20)5-7-16)9-14(10-21)17(26)22-18-23-19(24-29-18)30(3,27)28/h4-9H,1-3H3,(H,22,23,24,26)/b14-9-. The van der Waals surface area contributed by atoms with Gasteiger partial charge in [0.2, 0.25) is 15.0 Å². The molecule has 0 atom stereocenters. The van der Waals surface area contributed by atoms with E-state index in [0.29, 0.717) is 17.1 Å². The molecule has 0 saturated heterocycles. The quantitative estimate of drug-likeness (QED) is 0.476. The van der Waals surface area contributed by atoms with E-state index in [4.69, 9.17) is 0 Å². The number of benzene rings is 1. The van der Waals surface area contributed by atoms with Gasteiger partial charge in [-0.1, -0.05) is 0 Å². The van der Waals surface area contributed by atoms with E-state index in [0.717, 1.165) is 23.3 Å². The van der Waals surface area contributed by atoms with E-state index in [1.807, 2.05) is 24.5 Å². The number of carbonyl (C=O) groups excluding carboxylic acids is 1. The zero-order valence-corrected chi connectivity index (χ0v) is 17.8. The molecule has 11 heteroatoms. The van der Waals surface area contributed by atoms with Crippen molar-refractivity contribution >= 4 is 38.5 Å². The Bertz CT molecular complexity index is 1300. The van der Waals surface area contributed by atoms with Crippen molar-refractivity contribution in [2.75, 3.05) is 11.6 Å². The van der Waals surface area contributed by atoms with Gasteiger partial charge in [-0.15, -0.1) is 0 Å². The normalized spacial score (nSPS) is 11.9. The summed E-state index contributed by atoms with van der Waals surface area (Å²) in [6.07, 6.45) is 2.38. The van der Waals surface area contributed by atoms with Gasteiger partial charge in [-0.2, -0.15) is 14.6 Å². The molecule has 3 aromatic rings. The van der Waals surface area contributed by atoms with E-state index in [9.17, 15) is 22.9 Å². The van der Waals surface area contributed by atoms with E-state index in [1.54, 1.807) is 18.2 Å². The van der Waals surface area contributed by atoms with Gasteiger partial charge in [0.05, 0.1) is 0 Å². The van der Waals surface area contributed by atoms with Crippen LogP contribution in [0.5, 0.6) is 0 Å². The molecule has 1 amide bonds. The highest BCUT2D eigenvalue weighted by molar-refractivity contribution is 7.90. The predicted molar refractivity (Wildman–Crippen MR) is 110 cm³/mol. The number of nitriles is 1. The Kier molecular flexibility index (Phi) is 5.82. The predicted octanol–water partition coefficient (Wildman–Crippen LogP) is 3.03. The number of hydrogen-bond donors (Lipinski definition) is 1. The van der Waals surface area contributed by atoms with Crippen LogP contribution in [-0.2, 0) is 14.6 Å². The molecular weight excluding hydrogens is 429 g/mol. The zero-order chi connectivity index (χ0) is 22.1. The lowest BCUT2D eigenvalue weighted by atomic mass is 10.1. The number of anilines is 1. The number of carbonyl (C=O) groups is 1. The monoisotopic (exact) mass is 445 g/mol. The van der Waals surface area contributed by atoms with Gasteiger partial charge in [-0.3, -0.25) is 10.1 Å². The Morgan fingerprint density at radius 3 is 2.53 bits per heavy atom. The third-order valence-corrected chi connectivity index (χ3v) is 5.77. The number of sulfone groups is 1. The van der Waals surface area contributed by atoms with Crippen molar-refractivity contribution in [3.8, 4) is 11.8 Å². The van der Waals surface area contributed by atoms with Gasteiger partial charge in [0.25, 0.3) is 11.1 Å². The Balaban J connectivity index is 1.90. The van der Waals surface area contributed by atoms with Gasteiger partial charge >= 0.3 is 0 Å². The van der Waals surface area contributed by atoms with Gasteiger partial charge in [0, 0.05) is 34.9 Å². The summed E-state index contributed by atoms with van der Waals surface area (Å²) in [6.45, 7) is 3.67. The molecule has 0 radical (unpaired) electrons. The fourth-order valence-electron chi connectivity index (χ4n) is 2.80. The summed E-state index contributed by atoms with van der Waals surface area (Å²) in [7, 11) is -3.60. The lowest BCUT2D eigenvalue weighted by Crippen LogP contribution is -2.13. The Morgan fingerprint density at radius 1 is 1.30 bits per heavy atom. The second kappa shape index (κ2) is 8.17. The number of hydrogen-bond acceptors (Lipinski definition) is 7. The van der Waals surface area contributed by atoms with Crippen molar-refractivity contribution in [3.05, 3.63) is 58.7 Å². The molecule has 1 N–H and O–H groups in total. The third kappa shape index (κ3) is 4.45. The molecule has 0 aliphatic heterocycles. The maximum atomic E-state index is 13.2. The van der Waals surface area contributed by atoms with Crippen LogP contribution in [0.2, 0.25) is 0 Å². The zero-order valence-electron chi connectivity index (χ0n) is 16.2. The minimum absolute atomic E-state index is 0.0293. The number of nitrogens with zero attached hydrogens (tertiary/aromatic N) is 4. The maximum absolute atomic E-state index is 13.2. The van der Waals surface area contributed by atoms with Crippen LogP contribution in [0.3, 0.4) is 0 Å². The van der Waals surface area contributed by atoms with E-state index in [-0.39, 0.29) is 16.5 Å². The number of halogens is 1. The first kappa shape index (κ1) is 21.4. The fraction of sp³-hybridized carbons (Fsp3) is 0.158. The van der Waals surface area contributed by atoms with Crippen molar-refractivity contribution in [2.24, 2.45) is 0 Å². The molecular formula is C19H16FN5O3S2. The number of nitrogens with one attached hydrogen (secondary N) is 1. The van der Waals surface area contributed by atoms with Gasteiger partial charge in [0.15, 0.2) is 0 Å². The summed E-state index contributed by atoms with van der Waals surface area (Å²) in [5.41, 5.74) is 2.79. The smallest absolute Gasteiger partial charge is 0.268 e. The average molecular weight is 446 g/mol. The van der Waals surface area contributed by atoms with Crippen LogP contribution in [0, 0.1) is 31.0 Å². The first-order valence-electron chi connectivity index (χ1n) is 8.52. The molecule has 0 unspecified atom stereocenters. The number of aryl methyl sites for hydroxylation is 1. The summed E-state index contributed by atoms with van der Waals surface area (Å²) < 4.78 is 41.7. The minimum atomic E-state index is -3.60. The van der Waals surface area contributed by atoms with E-state index >= 15 is 0 Å². The number of amides is 1. The maximum Gasteiger partial charge on any atom is 0.268 e. The molecule has 0 fully saturated rings. The molecule has 1 aromatic carbocycles. The van der Waals surface area contributed by atoms with Crippen LogP contribution in [0.15, 0.2) is 41.1 Å². The molecule has 0 aliphatic carbocycles. The highest BCUT2D eigenvalue weighted by atomic mass is 32.2. The van der Waals surface area contributed by atoms with Crippen LogP contribution in [-0.4, -0.2) is 34.5 Å². The topological polar surface area (TPSA) is 118 Å². The van der Waals surface area contributed by atoms with Crippen molar-refractivity contribution in [1.82, 2.24) is 13.9 Å². The van der Waals surface area contributed by atoms with Crippen molar-refractivity contribution in [3.63, 3.8) is 0 Å². The van der Waals surface area contributed by atoms with Crippen LogP contribution in [0.4, 0.5) is 9.52 Å². The molecule has 0 saturated carbocycles. The molecule has 0 bridgehead atoms.